The zero-order valence-electron chi connectivity index (χ0n) is 17.0. The van der Waals surface area contributed by atoms with Crippen molar-refractivity contribution in [2.45, 2.75) is 13.8 Å². The van der Waals surface area contributed by atoms with Crippen LogP contribution in [0.4, 0.5) is 23.0 Å². The number of benzene rings is 2. The lowest BCUT2D eigenvalue weighted by Crippen LogP contribution is -2.46. The molecule has 1 saturated heterocycles. The number of ether oxygens (including phenoxy) is 1. The largest absolute Gasteiger partial charge is 0.492 e. The summed E-state index contributed by atoms with van der Waals surface area (Å²) < 4.78 is 5.70. The molecule has 0 radical (unpaired) electrons. The van der Waals surface area contributed by atoms with Crippen molar-refractivity contribution < 1.29 is 4.74 Å². The zero-order valence-corrected chi connectivity index (χ0v) is 17.0. The fourth-order valence-electron chi connectivity index (χ4n) is 3.60. The molecule has 0 atom stereocenters. The third kappa shape index (κ3) is 4.59. The van der Waals surface area contributed by atoms with Crippen molar-refractivity contribution in [1.29, 1.82) is 0 Å². The van der Waals surface area contributed by atoms with Crippen LogP contribution in [0.15, 0.2) is 60.9 Å². The van der Waals surface area contributed by atoms with Gasteiger partial charge in [-0.3, -0.25) is 0 Å². The Labute approximate surface area is 172 Å². The minimum absolute atomic E-state index is 0.624. The van der Waals surface area contributed by atoms with Crippen LogP contribution in [0.3, 0.4) is 0 Å². The molecule has 6 heteroatoms. The van der Waals surface area contributed by atoms with Crippen molar-refractivity contribution in [1.82, 2.24) is 9.97 Å². The highest BCUT2D eigenvalue weighted by atomic mass is 16.5. The molecule has 1 aromatic heterocycles. The molecule has 0 saturated carbocycles. The van der Waals surface area contributed by atoms with Crippen LogP contribution in [0, 0.1) is 6.92 Å². The van der Waals surface area contributed by atoms with Crippen LogP contribution in [0.25, 0.3) is 0 Å². The molecule has 6 nitrogen and oxygen atoms in total. The molecule has 1 aliphatic rings. The molecule has 0 amide bonds. The Bertz CT molecular complexity index is 953. The maximum Gasteiger partial charge on any atom is 0.142 e. The fraction of sp³-hybridized carbons (Fsp3) is 0.304. The summed E-state index contributed by atoms with van der Waals surface area (Å²) in [6.07, 6.45) is 1.62. The fourth-order valence-corrected chi connectivity index (χ4v) is 3.60. The summed E-state index contributed by atoms with van der Waals surface area (Å²) in [5.41, 5.74) is 3.49. The summed E-state index contributed by atoms with van der Waals surface area (Å²) in [7, 11) is 0. The third-order valence-electron chi connectivity index (χ3n) is 5.07. The van der Waals surface area contributed by atoms with Crippen LogP contribution in [-0.2, 0) is 0 Å². The van der Waals surface area contributed by atoms with E-state index in [1.807, 2.05) is 37.3 Å². The second kappa shape index (κ2) is 8.82. The number of rotatable bonds is 6. The van der Waals surface area contributed by atoms with Gasteiger partial charge in [0.2, 0.25) is 0 Å². The van der Waals surface area contributed by atoms with Gasteiger partial charge in [-0.25, -0.2) is 9.97 Å². The molecular formula is C23H27N5O. The van der Waals surface area contributed by atoms with Gasteiger partial charge in [0.25, 0.3) is 0 Å². The highest BCUT2D eigenvalue weighted by molar-refractivity contribution is 5.65. The minimum Gasteiger partial charge on any atom is -0.492 e. The molecule has 150 valence electrons. The van der Waals surface area contributed by atoms with Crippen molar-refractivity contribution >= 4 is 23.0 Å². The predicted octanol–water partition coefficient (Wildman–Crippen LogP) is 4.25. The monoisotopic (exact) mass is 389 g/mol. The van der Waals surface area contributed by atoms with Crippen LogP contribution < -0.4 is 19.9 Å². The number of nitrogens with zero attached hydrogens (tertiary/aromatic N) is 4. The molecule has 4 rings (SSSR count). The van der Waals surface area contributed by atoms with Gasteiger partial charge >= 0.3 is 0 Å². The Morgan fingerprint density at radius 3 is 2.52 bits per heavy atom. The van der Waals surface area contributed by atoms with E-state index >= 15 is 0 Å². The maximum atomic E-state index is 5.70. The van der Waals surface area contributed by atoms with E-state index in [0.717, 1.165) is 49.3 Å². The SMILES string of the molecule is CCOc1ccccc1Nc1cc(N2CCN(c3cccc(C)c3)CC2)ncn1. The Balaban J connectivity index is 1.43. The smallest absolute Gasteiger partial charge is 0.142 e. The maximum absolute atomic E-state index is 5.70. The molecule has 2 aromatic carbocycles. The van der Waals surface area contributed by atoms with Gasteiger partial charge in [-0.05, 0) is 43.7 Å². The number of aryl methyl sites for hydroxylation is 1. The van der Waals surface area contributed by atoms with Crippen molar-refractivity contribution in [3.05, 3.63) is 66.5 Å². The molecule has 0 bridgehead atoms. The van der Waals surface area contributed by atoms with Crippen molar-refractivity contribution in [3.63, 3.8) is 0 Å². The Hall–Kier alpha value is -3.28. The standard InChI is InChI=1S/C23H27N5O/c1-3-29-21-10-5-4-9-20(21)26-22-16-23(25-17-24-22)28-13-11-27(12-14-28)19-8-6-7-18(2)15-19/h4-10,15-17H,3,11-14H2,1-2H3,(H,24,25,26). The molecule has 1 fully saturated rings. The summed E-state index contributed by atoms with van der Waals surface area (Å²) in [6, 6.07) is 18.6. The summed E-state index contributed by atoms with van der Waals surface area (Å²) >= 11 is 0. The van der Waals surface area contributed by atoms with E-state index < -0.39 is 0 Å². The Kier molecular flexibility index (Phi) is 5.79. The van der Waals surface area contributed by atoms with Gasteiger partial charge in [0.05, 0.1) is 12.3 Å². The van der Waals surface area contributed by atoms with Gasteiger partial charge in [0.1, 0.15) is 23.7 Å². The molecule has 0 aliphatic carbocycles. The molecule has 2 heterocycles. The van der Waals surface area contributed by atoms with E-state index in [0.29, 0.717) is 6.61 Å². The summed E-state index contributed by atoms with van der Waals surface area (Å²) in [5, 5.41) is 3.36. The van der Waals surface area contributed by atoms with Crippen LogP contribution in [0.1, 0.15) is 12.5 Å². The normalized spacial score (nSPS) is 14.0. The highest BCUT2D eigenvalue weighted by Crippen LogP contribution is 2.28. The molecule has 1 aliphatic heterocycles. The van der Waals surface area contributed by atoms with Crippen LogP contribution >= 0.6 is 0 Å². The zero-order chi connectivity index (χ0) is 20.1. The van der Waals surface area contributed by atoms with Gasteiger partial charge < -0.3 is 19.9 Å². The van der Waals surface area contributed by atoms with Gasteiger partial charge in [0, 0.05) is 37.9 Å². The lowest BCUT2D eigenvalue weighted by atomic mass is 10.2. The average Bonchev–Trinajstić information content (AvgIpc) is 2.76. The van der Waals surface area contributed by atoms with Gasteiger partial charge in [-0.1, -0.05) is 24.3 Å². The number of piperazine rings is 1. The number of para-hydroxylation sites is 2. The van der Waals surface area contributed by atoms with Gasteiger partial charge in [-0.2, -0.15) is 0 Å². The number of hydrogen-bond donors (Lipinski definition) is 1. The lowest BCUT2D eigenvalue weighted by molar-refractivity contribution is 0.342. The average molecular weight is 390 g/mol. The number of hydrogen-bond acceptors (Lipinski definition) is 6. The van der Waals surface area contributed by atoms with Crippen molar-refractivity contribution in [2.24, 2.45) is 0 Å². The summed E-state index contributed by atoms with van der Waals surface area (Å²) in [4.78, 5) is 13.6. The van der Waals surface area contributed by atoms with E-state index in [-0.39, 0.29) is 0 Å². The van der Waals surface area contributed by atoms with Gasteiger partial charge in [-0.15, -0.1) is 0 Å². The van der Waals surface area contributed by atoms with Crippen LogP contribution in [0.5, 0.6) is 5.75 Å². The van der Waals surface area contributed by atoms with E-state index in [1.54, 1.807) is 6.33 Å². The predicted molar refractivity (Wildman–Crippen MR) is 119 cm³/mol. The first kappa shape index (κ1) is 19.1. The number of aromatic nitrogens is 2. The lowest BCUT2D eigenvalue weighted by Gasteiger charge is -2.36. The van der Waals surface area contributed by atoms with Crippen molar-refractivity contribution in [2.75, 3.05) is 47.9 Å². The molecule has 0 unspecified atom stereocenters. The van der Waals surface area contributed by atoms with Crippen LogP contribution in [-0.4, -0.2) is 42.8 Å². The van der Waals surface area contributed by atoms with Gasteiger partial charge in [0.15, 0.2) is 0 Å². The van der Waals surface area contributed by atoms with E-state index in [4.69, 9.17) is 4.74 Å². The summed E-state index contributed by atoms with van der Waals surface area (Å²) in [5.74, 6) is 2.53. The Morgan fingerprint density at radius 2 is 1.72 bits per heavy atom. The molecule has 0 spiro atoms. The molecule has 3 aromatic rings. The first-order chi connectivity index (χ1) is 14.2. The minimum atomic E-state index is 0.624. The van der Waals surface area contributed by atoms with E-state index in [9.17, 15) is 0 Å². The first-order valence-electron chi connectivity index (χ1n) is 10.1. The Morgan fingerprint density at radius 1 is 0.931 bits per heavy atom. The number of anilines is 4. The number of nitrogens with one attached hydrogen (secondary N) is 1. The van der Waals surface area contributed by atoms with E-state index in [1.165, 1.54) is 11.3 Å². The molecule has 1 N–H and O–H groups in total. The van der Waals surface area contributed by atoms with E-state index in [2.05, 4.69) is 56.3 Å². The second-order valence-corrected chi connectivity index (χ2v) is 7.13. The third-order valence-corrected chi connectivity index (χ3v) is 5.07. The highest BCUT2D eigenvalue weighted by Gasteiger charge is 2.19. The van der Waals surface area contributed by atoms with Crippen LogP contribution in [0.2, 0.25) is 0 Å². The first-order valence-corrected chi connectivity index (χ1v) is 10.1. The summed E-state index contributed by atoms with van der Waals surface area (Å²) in [6.45, 7) is 8.56. The molecule has 29 heavy (non-hydrogen) atoms. The second-order valence-electron chi connectivity index (χ2n) is 7.13. The topological polar surface area (TPSA) is 53.5 Å². The quantitative estimate of drug-likeness (QED) is 0.680. The molecular weight excluding hydrogens is 362 g/mol. The van der Waals surface area contributed by atoms with Crippen molar-refractivity contribution in [3.8, 4) is 5.75 Å².